The summed E-state index contributed by atoms with van der Waals surface area (Å²) in [6.45, 7) is 1.67. The molecule has 0 radical (unpaired) electrons. The molecule has 25 heavy (non-hydrogen) atoms. The van der Waals surface area contributed by atoms with Crippen molar-refractivity contribution in [2.75, 3.05) is 18.4 Å². The van der Waals surface area contributed by atoms with Gasteiger partial charge in [0.25, 0.3) is 0 Å². The van der Waals surface area contributed by atoms with Gasteiger partial charge in [-0.05, 0) is 31.3 Å². The summed E-state index contributed by atoms with van der Waals surface area (Å²) in [6.07, 6.45) is 12.5. The summed E-state index contributed by atoms with van der Waals surface area (Å²) in [6, 6.07) is -0.252. The smallest absolute Gasteiger partial charge is 0.328 e. The minimum absolute atomic E-state index is 0.141. The second kappa shape index (κ2) is 8.09. The van der Waals surface area contributed by atoms with Gasteiger partial charge in [0.05, 0.1) is 18.1 Å². The molecule has 2 aliphatic rings. The molecule has 1 atom stereocenters. The molecule has 1 saturated heterocycles. The third-order valence-electron chi connectivity index (χ3n) is 4.89. The van der Waals surface area contributed by atoms with Gasteiger partial charge in [-0.2, -0.15) is 0 Å². The lowest BCUT2D eigenvalue weighted by Crippen LogP contribution is -2.37. The highest BCUT2D eigenvalue weighted by molar-refractivity contribution is 5.86. The number of hydrogen-bond acceptors (Lipinski definition) is 5. The average molecular weight is 344 g/mol. The fraction of sp³-hybridized carbons (Fsp3) is 0.556. The monoisotopic (exact) mass is 344 g/mol. The van der Waals surface area contributed by atoms with Gasteiger partial charge < -0.3 is 15.3 Å². The molecule has 7 heteroatoms. The number of carboxylic acids is 1. The van der Waals surface area contributed by atoms with Crippen molar-refractivity contribution in [1.82, 2.24) is 14.9 Å². The van der Waals surface area contributed by atoms with Crippen LogP contribution < -0.4 is 5.32 Å². The molecule has 2 heterocycles. The highest BCUT2D eigenvalue weighted by Gasteiger charge is 2.33. The number of carbonyl (C=O) groups is 2. The van der Waals surface area contributed by atoms with Crippen LogP contribution in [0.4, 0.5) is 5.82 Å². The molecule has 1 aromatic heterocycles. The van der Waals surface area contributed by atoms with Crippen LogP contribution in [0, 0.1) is 5.92 Å². The lowest BCUT2D eigenvalue weighted by molar-refractivity contribution is -0.131. The standard InChI is InChI=1S/C18H24N4O3/c23-17(24)7-6-14-10-20-16(11-19-14)21-15-8-9-22(18(15)25)12-13-4-2-1-3-5-13/h6-7,10-11,13,15H,1-5,8-9,12H2,(H,20,21)(H,23,24)/b7-6+/t15-/m1/s1. The summed E-state index contributed by atoms with van der Waals surface area (Å²) in [7, 11) is 0. The van der Waals surface area contributed by atoms with Crippen molar-refractivity contribution in [3.8, 4) is 0 Å². The predicted octanol–water partition coefficient (Wildman–Crippen LogP) is 2.17. The quantitative estimate of drug-likeness (QED) is 0.768. The van der Waals surface area contributed by atoms with E-state index in [1.807, 2.05) is 4.90 Å². The minimum Gasteiger partial charge on any atom is -0.478 e. The lowest BCUT2D eigenvalue weighted by atomic mass is 9.89. The van der Waals surface area contributed by atoms with Crippen molar-refractivity contribution < 1.29 is 14.7 Å². The van der Waals surface area contributed by atoms with E-state index in [2.05, 4.69) is 15.3 Å². The second-order valence-corrected chi connectivity index (χ2v) is 6.77. The van der Waals surface area contributed by atoms with Gasteiger partial charge in [0.2, 0.25) is 5.91 Å². The van der Waals surface area contributed by atoms with Crippen LogP contribution in [0.2, 0.25) is 0 Å². The second-order valence-electron chi connectivity index (χ2n) is 6.77. The van der Waals surface area contributed by atoms with Gasteiger partial charge >= 0.3 is 5.97 Å². The SMILES string of the molecule is O=C(O)/C=C/c1cnc(N[C@@H]2CCN(CC3CCCCC3)C2=O)cn1. The van der Waals surface area contributed by atoms with Gasteiger partial charge in [-0.25, -0.2) is 9.78 Å². The van der Waals surface area contributed by atoms with Crippen molar-refractivity contribution in [2.45, 2.75) is 44.6 Å². The summed E-state index contributed by atoms with van der Waals surface area (Å²) in [5.41, 5.74) is 0.463. The zero-order chi connectivity index (χ0) is 17.6. The maximum atomic E-state index is 12.6. The van der Waals surface area contributed by atoms with Gasteiger partial charge in [0, 0.05) is 19.2 Å². The van der Waals surface area contributed by atoms with E-state index in [0.29, 0.717) is 17.4 Å². The Balaban J connectivity index is 1.52. The number of likely N-dealkylation sites (tertiary alicyclic amines) is 1. The molecule has 2 N–H and O–H groups in total. The maximum Gasteiger partial charge on any atom is 0.328 e. The molecule has 0 spiro atoms. The summed E-state index contributed by atoms with van der Waals surface area (Å²) >= 11 is 0. The number of amides is 1. The van der Waals surface area contributed by atoms with Gasteiger partial charge in [0.15, 0.2) is 0 Å². The Morgan fingerprint density at radius 2 is 2.04 bits per heavy atom. The van der Waals surface area contributed by atoms with Crippen molar-refractivity contribution >= 4 is 23.8 Å². The topological polar surface area (TPSA) is 95.4 Å². The molecule has 1 aliphatic carbocycles. The number of aromatic nitrogens is 2. The van der Waals surface area contributed by atoms with Crippen molar-refractivity contribution in [3.63, 3.8) is 0 Å². The molecule has 134 valence electrons. The Bertz CT molecular complexity index is 638. The Labute approximate surface area is 147 Å². The predicted molar refractivity (Wildman–Crippen MR) is 93.9 cm³/mol. The molecule has 1 saturated carbocycles. The van der Waals surface area contributed by atoms with E-state index in [9.17, 15) is 9.59 Å². The fourth-order valence-electron chi connectivity index (χ4n) is 3.57. The van der Waals surface area contributed by atoms with E-state index < -0.39 is 5.97 Å². The highest BCUT2D eigenvalue weighted by atomic mass is 16.4. The summed E-state index contributed by atoms with van der Waals surface area (Å²) in [4.78, 5) is 33.4. The number of nitrogens with zero attached hydrogens (tertiary/aromatic N) is 3. The summed E-state index contributed by atoms with van der Waals surface area (Å²) in [5, 5.41) is 11.7. The van der Waals surface area contributed by atoms with Crippen LogP contribution in [0.3, 0.4) is 0 Å². The van der Waals surface area contributed by atoms with Gasteiger partial charge in [-0.15, -0.1) is 0 Å². The number of rotatable bonds is 6. The van der Waals surface area contributed by atoms with Crippen molar-refractivity contribution in [1.29, 1.82) is 0 Å². The van der Waals surface area contributed by atoms with Gasteiger partial charge in [-0.1, -0.05) is 19.3 Å². The zero-order valence-electron chi connectivity index (χ0n) is 14.2. The molecule has 7 nitrogen and oxygen atoms in total. The molecular weight excluding hydrogens is 320 g/mol. The van der Waals surface area contributed by atoms with Crippen LogP contribution in [0.25, 0.3) is 6.08 Å². The first-order chi connectivity index (χ1) is 12.1. The Kier molecular flexibility index (Phi) is 5.63. The molecule has 1 aliphatic heterocycles. The minimum atomic E-state index is -1.03. The Hall–Kier alpha value is -2.44. The fourth-order valence-corrected chi connectivity index (χ4v) is 3.57. The van der Waals surface area contributed by atoms with Crippen LogP contribution in [0.1, 0.15) is 44.2 Å². The van der Waals surface area contributed by atoms with E-state index in [1.54, 1.807) is 0 Å². The van der Waals surface area contributed by atoms with Crippen LogP contribution >= 0.6 is 0 Å². The van der Waals surface area contributed by atoms with Gasteiger partial charge in [-0.3, -0.25) is 9.78 Å². The highest BCUT2D eigenvalue weighted by Crippen LogP contribution is 2.26. The van der Waals surface area contributed by atoms with Crippen LogP contribution in [0.5, 0.6) is 0 Å². The first-order valence-electron chi connectivity index (χ1n) is 8.90. The number of anilines is 1. The van der Waals surface area contributed by atoms with Crippen LogP contribution in [0.15, 0.2) is 18.5 Å². The van der Waals surface area contributed by atoms with Crippen LogP contribution in [-0.4, -0.2) is 51.0 Å². The van der Waals surface area contributed by atoms with E-state index in [0.717, 1.165) is 25.6 Å². The number of carbonyl (C=O) groups excluding carboxylic acids is 1. The van der Waals surface area contributed by atoms with E-state index in [1.165, 1.54) is 50.6 Å². The molecule has 0 bridgehead atoms. The van der Waals surface area contributed by atoms with E-state index in [-0.39, 0.29) is 11.9 Å². The number of aliphatic carboxylic acids is 1. The average Bonchev–Trinajstić information content (AvgIpc) is 2.95. The lowest BCUT2D eigenvalue weighted by Gasteiger charge is -2.27. The van der Waals surface area contributed by atoms with Crippen molar-refractivity contribution in [2.24, 2.45) is 5.92 Å². The van der Waals surface area contributed by atoms with Crippen LogP contribution in [-0.2, 0) is 9.59 Å². The molecular formula is C18H24N4O3. The maximum absolute atomic E-state index is 12.6. The molecule has 2 fully saturated rings. The zero-order valence-corrected chi connectivity index (χ0v) is 14.2. The van der Waals surface area contributed by atoms with Gasteiger partial charge in [0.1, 0.15) is 11.9 Å². The Morgan fingerprint density at radius 3 is 2.72 bits per heavy atom. The third-order valence-corrected chi connectivity index (χ3v) is 4.89. The van der Waals surface area contributed by atoms with E-state index >= 15 is 0 Å². The number of nitrogens with one attached hydrogen (secondary N) is 1. The number of hydrogen-bond donors (Lipinski definition) is 2. The summed E-state index contributed by atoms with van der Waals surface area (Å²) in [5.74, 6) is 0.294. The molecule has 1 aromatic rings. The largest absolute Gasteiger partial charge is 0.478 e. The molecule has 0 aromatic carbocycles. The van der Waals surface area contributed by atoms with E-state index in [4.69, 9.17) is 5.11 Å². The normalized spacial score (nSPS) is 21.8. The molecule has 0 unspecified atom stereocenters. The third kappa shape index (κ3) is 4.78. The van der Waals surface area contributed by atoms with Crippen molar-refractivity contribution in [3.05, 3.63) is 24.2 Å². The number of carboxylic acid groups (broad SMARTS) is 1. The summed E-state index contributed by atoms with van der Waals surface area (Å²) < 4.78 is 0. The molecule has 3 rings (SSSR count). The first-order valence-corrected chi connectivity index (χ1v) is 8.90. The Morgan fingerprint density at radius 1 is 1.24 bits per heavy atom. The first kappa shape index (κ1) is 17.4. The molecule has 1 amide bonds.